The number of amidine groups is 2. The second-order valence-electron chi connectivity index (χ2n) is 7.91. The van der Waals surface area contributed by atoms with Crippen molar-refractivity contribution in [1.82, 2.24) is 4.90 Å². The Bertz CT molecular complexity index is 1100. The number of benzene rings is 2. The Morgan fingerprint density at radius 2 is 1.87 bits per heavy atom. The molecule has 0 saturated carbocycles. The maximum atomic E-state index is 13.2. The number of nitrogens with one attached hydrogen (secondary N) is 1. The van der Waals surface area contributed by atoms with Gasteiger partial charge in [0.05, 0.1) is 21.6 Å². The second-order valence-corrected chi connectivity index (χ2v) is 9.63. The molecule has 2 aromatic rings. The zero-order valence-electron chi connectivity index (χ0n) is 17.5. The molecule has 0 aliphatic carbocycles. The number of aliphatic imine (C=N–C) groups is 2. The molecule has 0 radical (unpaired) electrons. The molecule has 6 nitrogen and oxygen atoms in total. The SMILES string of the molecule is CC(C)C[C@H]1N=C2c3ccccc3N=C(S[C@@H](C)C(=O)Nc3ccccc3Cl)N2C1=O. The van der Waals surface area contributed by atoms with Gasteiger partial charge in [-0.25, -0.2) is 9.89 Å². The van der Waals surface area contributed by atoms with Crippen LogP contribution in [0.5, 0.6) is 0 Å². The molecule has 0 aromatic heterocycles. The van der Waals surface area contributed by atoms with Gasteiger partial charge in [0, 0.05) is 5.56 Å². The van der Waals surface area contributed by atoms with E-state index in [0.29, 0.717) is 34.1 Å². The predicted octanol–water partition coefficient (Wildman–Crippen LogP) is 5.11. The maximum absolute atomic E-state index is 13.2. The lowest BCUT2D eigenvalue weighted by atomic mass is 10.0. The molecule has 2 heterocycles. The van der Waals surface area contributed by atoms with Gasteiger partial charge in [0.2, 0.25) is 5.91 Å². The lowest BCUT2D eigenvalue weighted by Crippen LogP contribution is -2.42. The van der Waals surface area contributed by atoms with E-state index in [1.54, 1.807) is 30.0 Å². The minimum atomic E-state index is -0.501. The zero-order chi connectivity index (χ0) is 22.1. The Labute approximate surface area is 190 Å². The van der Waals surface area contributed by atoms with Crippen molar-refractivity contribution in [2.24, 2.45) is 15.9 Å². The topological polar surface area (TPSA) is 74.1 Å². The average molecular weight is 455 g/mol. The summed E-state index contributed by atoms with van der Waals surface area (Å²) in [7, 11) is 0. The van der Waals surface area contributed by atoms with Crippen LogP contribution in [0.25, 0.3) is 0 Å². The molecule has 2 atom stereocenters. The van der Waals surface area contributed by atoms with Gasteiger partial charge >= 0.3 is 0 Å². The number of halogens is 1. The van der Waals surface area contributed by atoms with E-state index in [2.05, 4.69) is 19.2 Å². The molecule has 0 bridgehead atoms. The van der Waals surface area contributed by atoms with Crippen molar-refractivity contribution in [3.63, 3.8) is 0 Å². The summed E-state index contributed by atoms with van der Waals surface area (Å²) >= 11 is 7.39. The van der Waals surface area contributed by atoms with Crippen molar-refractivity contribution in [2.45, 2.75) is 38.5 Å². The van der Waals surface area contributed by atoms with E-state index in [-0.39, 0.29) is 11.8 Å². The summed E-state index contributed by atoms with van der Waals surface area (Å²) < 4.78 is 0. The molecule has 0 fully saturated rings. The Morgan fingerprint density at radius 1 is 1.16 bits per heavy atom. The monoisotopic (exact) mass is 454 g/mol. The fourth-order valence-electron chi connectivity index (χ4n) is 3.49. The van der Waals surface area contributed by atoms with Gasteiger partial charge in [0.25, 0.3) is 5.91 Å². The normalized spacial score (nSPS) is 18.3. The highest BCUT2D eigenvalue weighted by molar-refractivity contribution is 8.15. The number of hydrogen-bond donors (Lipinski definition) is 1. The molecule has 2 aliphatic heterocycles. The van der Waals surface area contributed by atoms with Crippen molar-refractivity contribution >= 4 is 57.6 Å². The summed E-state index contributed by atoms with van der Waals surface area (Å²) in [6, 6.07) is 14.3. The molecule has 1 N–H and O–H groups in total. The van der Waals surface area contributed by atoms with Crippen LogP contribution in [0.15, 0.2) is 58.5 Å². The van der Waals surface area contributed by atoms with Gasteiger partial charge in [-0.3, -0.25) is 14.6 Å². The van der Waals surface area contributed by atoms with E-state index < -0.39 is 11.3 Å². The van der Waals surface area contributed by atoms with Crippen LogP contribution in [0.1, 0.15) is 32.8 Å². The van der Waals surface area contributed by atoms with Gasteiger partial charge in [-0.2, -0.15) is 0 Å². The molecule has 8 heteroatoms. The molecule has 0 saturated heterocycles. The van der Waals surface area contributed by atoms with Crippen molar-refractivity contribution in [3.8, 4) is 0 Å². The third-order valence-electron chi connectivity index (χ3n) is 5.03. The Balaban J connectivity index is 1.60. The second kappa shape index (κ2) is 8.85. The maximum Gasteiger partial charge on any atom is 0.259 e. The van der Waals surface area contributed by atoms with Gasteiger partial charge in [-0.1, -0.05) is 61.5 Å². The first-order valence-corrected chi connectivity index (χ1v) is 11.4. The largest absolute Gasteiger partial charge is 0.324 e. The highest BCUT2D eigenvalue weighted by atomic mass is 35.5. The first-order valence-electron chi connectivity index (χ1n) is 10.2. The lowest BCUT2D eigenvalue weighted by Gasteiger charge is -2.27. The highest BCUT2D eigenvalue weighted by Crippen LogP contribution is 2.35. The Kier molecular flexibility index (Phi) is 6.16. The van der Waals surface area contributed by atoms with E-state index >= 15 is 0 Å². The first-order chi connectivity index (χ1) is 14.8. The number of nitrogens with zero attached hydrogens (tertiary/aromatic N) is 3. The lowest BCUT2D eigenvalue weighted by molar-refractivity contribution is -0.125. The van der Waals surface area contributed by atoms with Crippen molar-refractivity contribution in [2.75, 3.05) is 5.32 Å². The molecule has 0 spiro atoms. The Morgan fingerprint density at radius 3 is 2.61 bits per heavy atom. The molecule has 4 rings (SSSR count). The van der Waals surface area contributed by atoms with Crippen LogP contribution in [0, 0.1) is 5.92 Å². The zero-order valence-corrected chi connectivity index (χ0v) is 19.1. The molecular formula is C23H23ClN4O2S. The van der Waals surface area contributed by atoms with Gasteiger partial charge in [0.1, 0.15) is 11.9 Å². The average Bonchev–Trinajstić information content (AvgIpc) is 3.06. The summed E-state index contributed by atoms with van der Waals surface area (Å²) in [5.74, 6) is 0.636. The van der Waals surface area contributed by atoms with Crippen LogP contribution in [0.4, 0.5) is 11.4 Å². The van der Waals surface area contributed by atoms with E-state index in [1.807, 2.05) is 30.3 Å². The predicted molar refractivity (Wildman–Crippen MR) is 127 cm³/mol. The summed E-state index contributed by atoms with van der Waals surface area (Å²) in [5, 5.41) is 3.28. The third-order valence-corrected chi connectivity index (χ3v) is 6.41. The fraction of sp³-hybridized carbons (Fsp3) is 0.304. The van der Waals surface area contributed by atoms with Crippen LogP contribution in [0.3, 0.4) is 0 Å². The number of amides is 2. The summed E-state index contributed by atoms with van der Waals surface area (Å²) in [5.41, 5.74) is 2.13. The van der Waals surface area contributed by atoms with Crippen LogP contribution >= 0.6 is 23.4 Å². The minimum Gasteiger partial charge on any atom is -0.324 e. The number of anilines is 1. The molecule has 2 amide bonds. The molecule has 2 aromatic carbocycles. The number of thioether (sulfide) groups is 1. The van der Waals surface area contributed by atoms with Gasteiger partial charge in [-0.05, 0) is 43.5 Å². The van der Waals surface area contributed by atoms with Gasteiger partial charge in [0.15, 0.2) is 5.17 Å². The molecule has 2 aliphatic rings. The van der Waals surface area contributed by atoms with E-state index in [1.165, 1.54) is 11.8 Å². The van der Waals surface area contributed by atoms with Crippen molar-refractivity contribution in [3.05, 3.63) is 59.1 Å². The summed E-state index contributed by atoms with van der Waals surface area (Å²) in [6.07, 6.45) is 0.668. The number of hydrogen-bond acceptors (Lipinski definition) is 5. The number of para-hydroxylation sites is 2. The van der Waals surface area contributed by atoms with Crippen molar-refractivity contribution in [1.29, 1.82) is 0 Å². The number of carbonyl (C=O) groups is 2. The highest BCUT2D eigenvalue weighted by Gasteiger charge is 2.42. The van der Waals surface area contributed by atoms with E-state index in [4.69, 9.17) is 21.6 Å². The molecule has 0 unspecified atom stereocenters. The third kappa shape index (κ3) is 4.38. The number of fused-ring (bicyclic) bond motifs is 3. The van der Waals surface area contributed by atoms with Crippen LogP contribution in [-0.4, -0.2) is 39.0 Å². The van der Waals surface area contributed by atoms with Gasteiger partial charge in [-0.15, -0.1) is 0 Å². The quantitative estimate of drug-likeness (QED) is 0.682. The fourth-order valence-corrected chi connectivity index (χ4v) is 4.59. The summed E-state index contributed by atoms with van der Waals surface area (Å²) in [4.78, 5) is 37.0. The van der Waals surface area contributed by atoms with Crippen LogP contribution in [0.2, 0.25) is 5.02 Å². The Hall–Kier alpha value is -2.64. The molecular weight excluding hydrogens is 432 g/mol. The standard InChI is InChI=1S/C23H23ClN4O2S/c1-13(2)12-19-22(30)28-20(25-19)15-8-4-6-10-17(15)27-23(28)31-14(3)21(29)26-18-11-7-5-9-16(18)24/h4-11,13-14,19H,12H2,1-3H3,(H,26,29)/t14-,19+/m0/s1. The summed E-state index contributed by atoms with van der Waals surface area (Å²) in [6.45, 7) is 5.93. The van der Waals surface area contributed by atoms with Gasteiger partial charge < -0.3 is 5.32 Å². The minimum absolute atomic E-state index is 0.0943. The van der Waals surface area contributed by atoms with E-state index in [9.17, 15) is 9.59 Å². The molecule has 31 heavy (non-hydrogen) atoms. The smallest absolute Gasteiger partial charge is 0.259 e. The molecule has 160 valence electrons. The van der Waals surface area contributed by atoms with Crippen molar-refractivity contribution < 1.29 is 9.59 Å². The number of rotatable bonds is 5. The first kappa shape index (κ1) is 21.6. The number of carbonyl (C=O) groups excluding carboxylic acids is 2. The van der Waals surface area contributed by atoms with Crippen LogP contribution in [-0.2, 0) is 9.59 Å². The van der Waals surface area contributed by atoms with Crippen LogP contribution < -0.4 is 5.32 Å². The van der Waals surface area contributed by atoms with E-state index in [0.717, 1.165) is 11.3 Å².